The predicted octanol–water partition coefficient (Wildman–Crippen LogP) is 5.05. The fraction of sp³-hybridized carbons (Fsp3) is 0.548. The van der Waals surface area contributed by atoms with E-state index in [4.69, 9.17) is 24.1 Å². The average molecular weight is 555 g/mol. The number of hydrogen-bond donors (Lipinski definition) is 1. The highest BCUT2D eigenvalue weighted by atomic mass is 16.5. The Hall–Kier alpha value is -3.50. The van der Waals surface area contributed by atoms with Gasteiger partial charge in [-0.15, -0.1) is 0 Å². The van der Waals surface area contributed by atoms with E-state index in [9.17, 15) is 0 Å². The summed E-state index contributed by atoms with van der Waals surface area (Å²) >= 11 is 0. The van der Waals surface area contributed by atoms with Crippen molar-refractivity contribution in [1.29, 1.82) is 0 Å². The Kier molecular flexibility index (Phi) is 6.21. The van der Waals surface area contributed by atoms with Crippen molar-refractivity contribution >= 4 is 28.5 Å². The number of piperidine rings is 1. The van der Waals surface area contributed by atoms with E-state index in [0.29, 0.717) is 12.0 Å². The average Bonchev–Trinajstić information content (AvgIpc) is 3.59. The van der Waals surface area contributed by atoms with E-state index in [2.05, 4.69) is 36.8 Å². The van der Waals surface area contributed by atoms with Crippen LogP contribution in [0.25, 0.3) is 22.5 Å². The summed E-state index contributed by atoms with van der Waals surface area (Å²) in [7, 11) is 0. The molecule has 1 N–H and O–H groups in total. The first-order valence-electron chi connectivity index (χ1n) is 15.3. The maximum absolute atomic E-state index is 6.10. The number of aromatic nitrogens is 5. The molecule has 0 aromatic carbocycles. The molecule has 10 nitrogen and oxygen atoms in total. The minimum atomic E-state index is -0.00754. The Morgan fingerprint density at radius 2 is 1.78 bits per heavy atom. The van der Waals surface area contributed by atoms with Crippen LogP contribution in [0.5, 0.6) is 0 Å². The smallest absolute Gasteiger partial charge is 0.230 e. The molecule has 4 aliphatic rings. The van der Waals surface area contributed by atoms with Crippen molar-refractivity contribution in [3.63, 3.8) is 0 Å². The highest BCUT2D eigenvalue weighted by Crippen LogP contribution is 2.48. The van der Waals surface area contributed by atoms with Crippen molar-refractivity contribution < 1.29 is 9.15 Å². The van der Waals surface area contributed by atoms with Gasteiger partial charge in [0.25, 0.3) is 0 Å². The summed E-state index contributed by atoms with van der Waals surface area (Å²) in [5.74, 6) is 2.93. The zero-order valence-electron chi connectivity index (χ0n) is 23.8. The van der Waals surface area contributed by atoms with Crippen LogP contribution in [-0.2, 0) is 16.7 Å². The van der Waals surface area contributed by atoms with Gasteiger partial charge in [-0.05, 0) is 43.9 Å². The van der Waals surface area contributed by atoms with Crippen molar-refractivity contribution in [3.8, 4) is 11.5 Å². The molecule has 7 heterocycles. The van der Waals surface area contributed by atoms with Gasteiger partial charge < -0.3 is 23.9 Å². The van der Waals surface area contributed by atoms with E-state index >= 15 is 0 Å². The fourth-order valence-electron chi connectivity index (χ4n) is 7.68. The molecule has 4 aromatic heterocycles. The molecule has 8 rings (SSSR count). The van der Waals surface area contributed by atoms with Crippen LogP contribution < -0.4 is 10.2 Å². The number of aryl methyl sites for hydroxylation is 1. The molecule has 3 fully saturated rings. The van der Waals surface area contributed by atoms with E-state index in [0.717, 1.165) is 98.5 Å². The van der Waals surface area contributed by atoms with Crippen LogP contribution >= 0.6 is 0 Å². The number of nitrogens with zero attached hydrogens (tertiary/aromatic N) is 7. The molecule has 0 bridgehead atoms. The molecule has 1 spiro atoms. The van der Waals surface area contributed by atoms with Crippen LogP contribution in [0.3, 0.4) is 0 Å². The van der Waals surface area contributed by atoms with Crippen LogP contribution in [-0.4, -0.2) is 74.8 Å². The van der Waals surface area contributed by atoms with E-state index in [-0.39, 0.29) is 5.54 Å². The number of hydrogen-bond acceptors (Lipinski definition) is 9. The maximum Gasteiger partial charge on any atom is 0.230 e. The topological polar surface area (TPSA) is 97.4 Å². The van der Waals surface area contributed by atoms with Crippen LogP contribution in [0.4, 0.5) is 17.5 Å². The molecule has 0 atom stereocenters. The van der Waals surface area contributed by atoms with Gasteiger partial charge in [0.2, 0.25) is 5.95 Å². The number of morpholine rings is 1. The summed E-state index contributed by atoms with van der Waals surface area (Å²) in [5, 5.41) is 4.40. The minimum absolute atomic E-state index is 0.00754. The lowest BCUT2D eigenvalue weighted by molar-refractivity contribution is 0.0115. The Morgan fingerprint density at radius 3 is 2.56 bits per heavy atom. The summed E-state index contributed by atoms with van der Waals surface area (Å²) in [6, 6.07) is 7.04. The zero-order valence-corrected chi connectivity index (χ0v) is 23.8. The summed E-state index contributed by atoms with van der Waals surface area (Å²) in [6.07, 6.45) is 13.2. The quantitative estimate of drug-likeness (QED) is 0.372. The van der Waals surface area contributed by atoms with Gasteiger partial charge in [0.05, 0.1) is 42.0 Å². The molecule has 0 radical (unpaired) electrons. The SMILES string of the molecule is Cc1nc2c(o1)-c1cc3cnc(Nc4ccc(N5CCC(N6CCOCC6)CC5)cn4)nc3n1C1(CCCCC1)C2. The second kappa shape index (κ2) is 10.1. The normalized spacial score (nSPS) is 21.2. The van der Waals surface area contributed by atoms with E-state index < -0.39 is 0 Å². The van der Waals surface area contributed by atoms with Crippen LogP contribution in [0, 0.1) is 6.92 Å². The molecule has 1 aliphatic carbocycles. The molecule has 0 unspecified atom stereocenters. The Balaban J connectivity index is 1.02. The lowest BCUT2D eigenvalue weighted by Gasteiger charge is -2.42. The Labute approximate surface area is 240 Å². The predicted molar refractivity (Wildman–Crippen MR) is 158 cm³/mol. The van der Waals surface area contributed by atoms with Crippen molar-refractivity contribution in [2.75, 3.05) is 49.6 Å². The molecule has 0 amide bonds. The van der Waals surface area contributed by atoms with Crippen molar-refractivity contribution in [2.45, 2.75) is 69.9 Å². The second-order valence-electron chi connectivity index (χ2n) is 12.2. The van der Waals surface area contributed by atoms with Gasteiger partial charge in [-0.3, -0.25) is 4.90 Å². The monoisotopic (exact) mass is 554 g/mol. The van der Waals surface area contributed by atoms with Crippen molar-refractivity contribution in [1.82, 2.24) is 29.4 Å². The number of anilines is 3. The molecular formula is C31H38N8O2. The minimum Gasteiger partial charge on any atom is -0.439 e. The fourth-order valence-corrected chi connectivity index (χ4v) is 7.68. The third kappa shape index (κ3) is 4.48. The van der Waals surface area contributed by atoms with Gasteiger partial charge in [-0.2, -0.15) is 4.98 Å². The Bertz CT molecular complexity index is 1540. The molecule has 3 aliphatic heterocycles. The van der Waals surface area contributed by atoms with Crippen LogP contribution in [0.15, 0.2) is 35.0 Å². The second-order valence-corrected chi connectivity index (χ2v) is 12.2. The molecule has 214 valence electrons. The van der Waals surface area contributed by atoms with E-state index in [1.807, 2.05) is 25.4 Å². The first-order chi connectivity index (χ1) is 20.1. The van der Waals surface area contributed by atoms with Gasteiger partial charge in [-0.25, -0.2) is 15.0 Å². The number of ether oxygens (including phenoxy) is 1. The maximum atomic E-state index is 6.10. The zero-order chi connectivity index (χ0) is 27.4. The summed E-state index contributed by atoms with van der Waals surface area (Å²) in [6.45, 7) is 7.92. The highest BCUT2D eigenvalue weighted by molar-refractivity contribution is 5.85. The lowest BCUT2D eigenvalue weighted by Crippen LogP contribution is -2.49. The van der Waals surface area contributed by atoms with Crippen LogP contribution in [0.1, 0.15) is 56.5 Å². The van der Waals surface area contributed by atoms with Gasteiger partial charge in [0, 0.05) is 57.1 Å². The largest absolute Gasteiger partial charge is 0.439 e. The van der Waals surface area contributed by atoms with Crippen molar-refractivity contribution in [2.24, 2.45) is 0 Å². The molecule has 4 aromatic rings. The Morgan fingerprint density at radius 1 is 0.951 bits per heavy atom. The highest BCUT2D eigenvalue weighted by Gasteiger charge is 2.43. The first kappa shape index (κ1) is 25.2. The summed E-state index contributed by atoms with van der Waals surface area (Å²) in [4.78, 5) is 24.3. The van der Waals surface area contributed by atoms with Gasteiger partial charge in [0.15, 0.2) is 11.7 Å². The third-order valence-corrected chi connectivity index (χ3v) is 9.71. The third-order valence-electron chi connectivity index (χ3n) is 9.71. The molecular weight excluding hydrogens is 516 g/mol. The van der Waals surface area contributed by atoms with Gasteiger partial charge >= 0.3 is 0 Å². The molecule has 1 saturated carbocycles. The van der Waals surface area contributed by atoms with Crippen LogP contribution in [0.2, 0.25) is 0 Å². The molecule has 41 heavy (non-hydrogen) atoms. The standard InChI is InChI=1S/C31H38N8O2/c1-21-34-25-18-31(9-3-2-4-10-31)39-26(28(25)41-21)17-22-19-33-30(36-29(22)39)35-27-6-5-24(20-32-27)37-11-7-23(8-12-37)38-13-15-40-16-14-38/h5-6,17,19-20,23H,2-4,7-16,18H2,1H3,(H,32,33,35,36). The number of fused-ring (bicyclic) bond motifs is 6. The number of nitrogens with one attached hydrogen (secondary N) is 1. The summed E-state index contributed by atoms with van der Waals surface area (Å²) < 4.78 is 14.1. The molecule has 10 heteroatoms. The number of rotatable bonds is 4. The molecule has 2 saturated heterocycles. The summed E-state index contributed by atoms with van der Waals surface area (Å²) in [5.41, 5.74) is 4.28. The lowest BCUT2D eigenvalue weighted by atomic mass is 9.76. The van der Waals surface area contributed by atoms with Gasteiger partial charge in [0.1, 0.15) is 11.5 Å². The van der Waals surface area contributed by atoms with Crippen molar-refractivity contribution in [3.05, 3.63) is 42.2 Å². The first-order valence-corrected chi connectivity index (χ1v) is 15.3. The number of oxazole rings is 1. The van der Waals surface area contributed by atoms with E-state index in [1.165, 1.54) is 37.8 Å². The number of pyridine rings is 1. The van der Waals surface area contributed by atoms with E-state index in [1.54, 1.807) is 0 Å². The van der Waals surface area contributed by atoms with Gasteiger partial charge in [-0.1, -0.05) is 19.3 Å².